The molecule has 1 aromatic carbocycles. The summed E-state index contributed by atoms with van der Waals surface area (Å²) in [6.45, 7) is 4.35. The third-order valence-corrected chi connectivity index (χ3v) is 4.50. The summed E-state index contributed by atoms with van der Waals surface area (Å²) in [6, 6.07) is 6.17. The highest BCUT2D eigenvalue weighted by Crippen LogP contribution is 2.19. The Balaban J connectivity index is 2.13. The van der Waals surface area contributed by atoms with Gasteiger partial charge >= 0.3 is 0 Å². The van der Waals surface area contributed by atoms with Gasteiger partial charge in [-0.2, -0.15) is 4.98 Å². The molecule has 2 rings (SSSR count). The summed E-state index contributed by atoms with van der Waals surface area (Å²) in [5, 5.41) is 6.96. The van der Waals surface area contributed by atoms with Crippen molar-refractivity contribution in [3.63, 3.8) is 0 Å². The molecule has 0 saturated heterocycles. The van der Waals surface area contributed by atoms with E-state index in [1.54, 1.807) is 12.1 Å². The van der Waals surface area contributed by atoms with Crippen LogP contribution >= 0.6 is 11.8 Å². The molecule has 2 N–H and O–H groups in total. The third kappa shape index (κ3) is 4.11. The first-order chi connectivity index (χ1) is 10.0. The van der Waals surface area contributed by atoms with Crippen molar-refractivity contribution >= 4 is 27.7 Å². The molecular formula is C12H16N4O3S2. The largest absolute Gasteiger partial charge is 0.494 e. The molecule has 0 amide bonds. The van der Waals surface area contributed by atoms with E-state index in [2.05, 4.69) is 19.9 Å². The Morgan fingerprint density at radius 1 is 1.29 bits per heavy atom. The molecule has 0 saturated carbocycles. The zero-order valence-electron chi connectivity index (χ0n) is 11.7. The summed E-state index contributed by atoms with van der Waals surface area (Å²) in [7, 11) is -3.70. The van der Waals surface area contributed by atoms with Crippen LogP contribution in [0.25, 0.3) is 0 Å². The van der Waals surface area contributed by atoms with Gasteiger partial charge in [-0.05, 0) is 36.9 Å². The number of anilines is 1. The van der Waals surface area contributed by atoms with Crippen LogP contribution in [0.1, 0.15) is 13.8 Å². The highest BCUT2D eigenvalue weighted by Gasteiger charge is 2.16. The predicted octanol–water partition coefficient (Wildman–Crippen LogP) is 2.12. The Kier molecular flexibility index (Phi) is 5.07. The van der Waals surface area contributed by atoms with E-state index < -0.39 is 10.0 Å². The van der Waals surface area contributed by atoms with Crippen LogP contribution in [0.2, 0.25) is 0 Å². The number of hydrogen-bond donors (Lipinski definition) is 2. The molecular weight excluding hydrogens is 312 g/mol. The maximum absolute atomic E-state index is 12.2. The van der Waals surface area contributed by atoms with E-state index >= 15 is 0 Å². The van der Waals surface area contributed by atoms with Crippen molar-refractivity contribution in [3.05, 3.63) is 24.3 Å². The van der Waals surface area contributed by atoms with Crippen LogP contribution in [0, 0.1) is 0 Å². The van der Waals surface area contributed by atoms with Crippen LogP contribution in [0.15, 0.2) is 34.3 Å². The number of sulfonamides is 1. The highest BCUT2D eigenvalue weighted by molar-refractivity contribution is 7.99. The number of ether oxygens (including phenoxy) is 1. The lowest BCUT2D eigenvalue weighted by Crippen LogP contribution is -2.14. The SMILES string of the molecule is CCOc1ccc(S(=O)(=O)Nc2nc(SCC)n[nH]2)cc1. The van der Waals surface area contributed by atoms with Crippen LogP contribution in [0.5, 0.6) is 5.75 Å². The van der Waals surface area contributed by atoms with E-state index in [9.17, 15) is 8.42 Å². The van der Waals surface area contributed by atoms with Crippen LogP contribution in [0.4, 0.5) is 5.95 Å². The van der Waals surface area contributed by atoms with Crippen LogP contribution in [-0.4, -0.2) is 36.0 Å². The van der Waals surface area contributed by atoms with E-state index in [1.165, 1.54) is 23.9 Å². The summed E-state index contributed by atoms with van der Waals surface area (Å²) < 4.78 is 32.0. The lowest BCUT2D eigenvalue weighted by molar-refractivity contribution is 0.340. The second-order valence-corrected chi connectivity index (χ2v) is 6.82. The van der Waals surface area contributed by atoms with Gasteiger partial charge in [0.25, 0.3) is 10.0 Å². The molecule has 1 heterocycles. The van der Waals surface area contributed by atoms with Crippen molar-refractivity contribution in [1.29, 1.82) is 0 Å². The van der Waals surface area contributed by atoms with Gasteiger partial charge in [0, 0.05) is 0 Å². The molecule has 0 fully saturated rings. The molecule has 21 heavy (non-hydrogen) atoms. The number of benzene rings is 1. The van der Waals surface area contributed by atoms with Gasteiger partial charge in [-0.15, -0.1) is 5.10 Å². The number of hydrogen-bond acceptors (Lipinski definition) is 6. The number of H-pyrrole nitrogens is 1. The monoisotopic (exact) mass is 328 g/mol. The van der Waals surface area contributed by atoms with Gasteiger partial charge in [0.1, 0.15) is 5.75 Å². The van der Waals surface area contributed by atoms with Crippen molar-refractivity contribution in [2.45, 2.75) is 23.9 Å². The Morgan fingerprint density at radius 2 is 2.00 bits per heavy atom. The van der Waals surface area contributed by atoms with Crippen LogP contribution in [-0.2, 0) is 10.0 Å². The summed E-state index contributed by atoms with van der Waals surface area (Å²) in [6.07, 6.45) is 0. The average molecular weight is 328 g/mol. The summed E-state index contributed by atoms with van der Waals surface area (Å²) in [5.74, 6) is 1.53. The fourth-order valence-corrected chi connectivity index (χ4v) is 3.04. The van der Waals surface area contributed by atoms with Gasteiger partial charge < -0.3 is 4.74 Å². The van der Waals surface area contributed by atoms with E-state index in [1.807, 2.05) is 13.8 Å². The van der Waals surface area contributed by atoms with Gasteiger partial charge in [0.15, 0.2) is 0 Å². The van der Waals surface area contributed by atoms with E-state index in [4.69, 9.17) is 4.74 Å². The maximum atomic E-state index is 12.2. The van der Waals surface area contributed by atoms with E-state index in [0.717, 1.165) is 5.75 Å². The molecule has 0 atom stereocenters. The smallest absolute Gasteiger partial charge is 0.264 e. The van der Waals surface area contributed by atoms with Crippen molar-refractivity contribution in [1.82, 2.24) is 15.2 Å². The molecule has 2 aromatic rings. The first-order valence-corrected chi connectivity index (χ1v) is 8.83. The Morgan fingerprint density at radius 3 is 2.62 bits per heavy atom. The minimum absolute atomic E-state index is 0.0971. The minimum Gasteiger partial charge on any atom is -0.494 e. The topological polar surface area (TPSA) is 97.0 Å². The Hall–Kier alpha value is -1.74. The van der Waals surface area contributed by atoms with Gasteiger partial charge in [0.05, 0.1) is 11.5 Å². The number of aromatic nitrogens is 3. The second kappa shape index (κ2) is 6.81. The molecule has 114 valence electrons. The number of rotatable bonds is 7. The Bertz CT molecular complexity index is 683. The predicted molar refractivity (Wildman–Crippen MR) is 81.2 cm³/mol. The second-order valence-electron chi connectivity index (χ2n) is 3.91. The van der Waals surface area contributed by atoms with Gasteiger partial charge in [-0.25, -0.2) is 18.2 Å². The molecule has 9 heteroatoms. The van der Waals surface area contributed by atoms with Crippen molar-refractivity contribution in [2.24, 2.45) is 0 Å². The number of nitrogens with zero attached hydrogens (tertiary/aromatic N) is 2. The van der Waals surface area contributed by atoms with Crippen LogP contribution in [0.3, 0.4) is 0 Å². The van der Waals surface area contributed by atoms with Gasteiger partial charge in [-0.1, -0.05) is 18.7 Å². The normalized spacial score (nSPS) is 11.3. The fraction of sp³-hybridized carbons (Fsp3) is 0.333. The average Bonchev–Trinajstić information content (AvgIpc) is 2.87. The molecule has 0 spiro atoms. The first-order valence-electron chi connectivity index (χ1n) is 6.36. The fourth-order valence-electron chi connectivity index (χ4n) is 1.55. The van der Waals surface area contributed by atoms with E-state index in [-0.39, 0.29) is 10.8 Å². The highest BCUT2D eigenvalue weighted by atomic mass is 32.2. The van der Waals surface area contributed by atoms with Crippen LogP contribution < -0.4 is 9.46 Å². The summed E-state index contributed by atoms with van der Waals surface area (Å²) >= 11 is 1.42. The summed E-state index contributed by atoms with van der Waals surface area (Å²) in [5.41, 5.74) is 0. The van der Waals surface area contributed by atoms with Gasteiger partial charge in [-0.3, -0.25) is 0 Å². The standard InChI is InChI=1S/C12H16N4O3S2/c1-3-19-9-5-7-10(8-6-9)21(17,18)16-11-13-12(15-14-11)20-4-2/h5-8H,3-4H2,1-2H3,(H2,13,14,15,16). The van der Waals surface area contributed by atoms with Crippen molar-refractivity contribution < 1.29 is 13.2 Å². The molecule has 0 aliphatic carbocycles. The number of aromatic amines is 1. The number of nitrogens with one attached hydrogen (secondary N) is 2. The zero-order chi connectivity index (χ0) is 15.3. The van der Waals surface area contributed by atoms with Crippen molar-refractivity contribution in [2.75, 3.05) is 17.1 Å². The lowest BCUT2D eigenvalue weighted by atomic mass is 10.3. The molecule has 0 bridgehead atoms. The van der Waals surface area contributed by atoms with Crippen molar-refractivity contribution in [3.8, 4) is 5.75 Å². The summed E-state index contributed by atoms with van der Waals surface area (Å²) in [4.78, 5) is 4.17. The third-order valence-electron chi connectivity index (χ3n) is 2.41. The van der Waals surface area contributed by atoms with E-state index in [0.29, 0.717) is 17.5 Å². The maximum Gasteiger partial charge on any atom is 0.264 e. The molecule has 1 aromatic heterocycles. The molecule has 0 aliphatic rings. The molecule has 0 aliphatic heterocycles. The Labute approximate surface area is 127 Å². The number of thioether (sulfide) groups is 1. The molecule has 0 radical (unpaired) electrons. The zero-order valence-corrected chi connectivity index (χ0v) is 13.3. The van der Waals surface area contributed by atoms with Gasteiger partial charge in [0.2, 0.25) is 11.1 Å². The lowest BCUT2D eigenvalue weighted by Gasteiger charge is -2.06. The minimum atomic E-state index is -3.70. The molecule has 0 unspecified atom stereocenters. The molecule has 7 nitrogen and oxygen atoms in total. The quantitative estimate of drug-likeness (QED) is 0.756. The first kappa shape index (κ1) is 15.6.